The molecular formula is C18H15ClN6O2. The van der Waals surface area contributed by atoms with Crippen LogP contribution in [0.3, 0.4) is 0 Å². The molecule has 136 valence electrons. The van der Waals surface area contributed by atoms with E-state index in [0.29, 0.717) is 22.1 Å². The molecule has 2 amide bonds. The SMILES string of the molecule is Cc1c(Cl)cccc1NC(=O)[C@H]1CC(=O)Nc2nc(-c3cccnc3)nn21. The van der Waals surface area contributed by atoms with Crippen LogP contribution >= 0.6 is 11.6 Å². The van der Waals surface area contributed by atoms with E-state index in [1.54, 1.807) is 42.7 Å². The molecule has 0 saturated carbocycles. The van der Waals surface area contributed by atoms with Crippen molar-refractivity contribution in [3.05, 3.63) is 53.3 Å². The highest BCUT2D eigenvalue weighted by atomic mass is 35.5. The van der Waals surface area contributed by atoms with Gasteiger partial charge in [-0.2, -0.15) is 4.98 Å². The average molecular weight is 383 g/mol. The highest BCUT2D eigenvalue weighted by Gasteiger charge is 2.33. The Kier molecular flexibility index (Phi) is 4.33. The summed E-state index contributed by atoms with van der Waals surface area (Å²) in [7, 11) is 0. The molecule has 2 aromatic heterocycles. The smallest absolute Gasteiger partial charge is 0.249 e. The summed E-state index contributed by atoms with van der Waals surface area (Å²) >= 11 is 6.11. The van der Waals surface area contributed by atoms with Crippen molar-refractivity contribution >= 4 is 35.1 Å². The molecule has 1 aliphatic rings. The van der Waals surface area contributed by atoms with Gasteiger partial charge in [-0.15, -0.1) is 5.10 Å². The van der Waals surface area contributed by atoms with Crippen molar-refractivity contribution in [3.63, 3.8) is 0 Å². The molecule has 3 aromatic rings. The van der Waals surface area contributed by atoms with Gasteiger partial charge in [-0.3, -0.25) is 19.9 Å². The Bertz CT molecular complexity index is 1030. The topological polar surface area (TPSA) is 102 Å². The van der Waals surface area contributed by atoms with Gasteiger partial charge in [0.15, 0.2) is 5.82 Å². The van der Waals surface area contributed by atoms with Gasteiger partial charge in [0.05, 0.1) is 6.42 Å². The number of nitrogens with one attached hydrogen (secondary N) is 2. The molecule has 2 N–H and O–H groups in total. The lowest BCUT2D eigenvalue weighted by Gasteiger charge is -2.23. The average Bonchev–Trinajstić information content (AvgIpc) is 3.09. The van der Waals surface area contributed by atoms with Crippen LogP contribution in [0.4, 0.5) is 11.6 Å². The monoisotopic (exact) mass is 382 g/mol. The highest BCUT2D eigenvalue weighted by molar-refractivity contribution is 6.31. The Morgan fingerprint density at radius 2 is 2.19 bits per heavy atom. The number of anilines is 2. The maximum atomic E-state index is 12.8. The fraction of sp³-hybridized carbons (Fsp3) is 0.167. The first-order valence-electron chi connectivity index (χ1n) is 8.25. The minimum absolute atomic E-state index is 0.0334. The molecule has 27 heavy (non-hydrogen) atoms. The zero-order chi connectivity index (χ0) is 19.0. The molecule has 0 aliphatic carbocycles. The van der Waals surface area contributed by atoms with Gasteiger partial charge in [-0.05, 0) is 36.8 Å². The second-order valence-corrected chi connectivity index (χ2v) is 6.52. The number of hydrogen-bond donors (Lipinski definition) is 2. The number of pyridine rings is 1. The second kappa shape index (κ2) is 6.81. The maximum Gasteiger partial charge on any atom is 0.249 e. The van der Waals surface area contributed by atoms with Crippen molar-refractivity contribution in [2.24, 2.45) is 0 Å². The second-order valence-electron chi connectivity index (χ2n) is 6.12. The summed E-state index contributed by atoms with van der Waals surface area (Å²) in [4.78, 5) is 33.3. The minimum atomic E-state index is -0.815. The molecule has 9 heteroatoms. The molecule has 0 saturated heterocycles. The van der Waals surface area contributed by atoms with Crippen molar-refractivity contribution in [2.75, 3.05) is 10.6 Å². The number of aromatic nitrogens is 4. The quantitative estimate of drug-likeness (QED) is 0.725. The van der Waals surface area contributed by atoms with Gasteiger partial charge in [0.2, 0.25) is 17.8 Å². The van der Waals surface area contributed by atoms with Gasteiger partial charge in [-0.1, -0.05) is 17.7 Å². The van der Waals surface area contributed by atoms with Crippen molar-refractivity contribution in [3.8, 4) is 11.4 Å². The van der Waals surface area contributed by atoms with Crippen LogP contribution in [0.15, 0.2) is 42.7 Å². The Labute approximate surface area is 159 Å². The zero-order valence-corrected chi connectivity index (χ0v) is 15.1. The van der Waals surface area contributed by atoms with Crippen molar-refractivity contribution in [1.82, 2.24) is 19.7 Å². The molecule has 4 rings (SSSR count). The molecule has 0 unspecified atom stereocenters. The normalized spacial score (nSPS) is 15.8. The van der Waals surface area contributed by atoms with Crippen molar-refractivity contribution in [1.29, 1.82) is 0 Å². The fourth-order valence-corrected chi connectivity index (χ4v) is 3.02. The number of rotatable bonds is 3. The highest BCUT2D eigenvalue weighted by Crippen LogP contribution is 2.28. The summed E-state index contributed by atoms with van der Waals surface area (Å²) in [6.07, 6.45) is 3.23. The summed E-state index contributed by atoms with van der Waals surface area (Å²) in [5, 5.41) is 10.4. The van der Waals surface area contributed by atoms with Crippen LogP contribution in [0.5, 0.6) is 0 Å². The van der Waals surface area contributed by atoms with E-state index < -0.39 is 6.04 Å². The predicted molar refractivity (Wildman–Crippen MR) is 100 cm³/mol. The molecule has 1 aliphatic heterocycles. The zero-order valence-electron chi connectivity index (χ0n) is 14.3. The van der Waals surface area contributed by atoms with E-state index in [1.165, 1.54) is 4.68 Å². The van der Waals surface area contributed by atoms with E-state index in [-0.39, 0.29) is 24.2 Å². The third-order valence-corrected chi connectivity index (χ3v) is 4.71. The van der Waals surface area contributed by atoms with Crippen molar-refractivity contribution < 1.29 is 9.59 Å². The summed E-state index contributed by atoms with van der Waals surface area (Å²) < 4.78 is 1.43. The molecule has 8 nitrogen and oxygen atoms in total. The van der Waals surface area contributed by atoms with Crippen LogP contribution in [0.25, 0.3) is 11.4 Å². The van der Waals surface area contributed by atoms with E-state index >= 15 is 0 Å². The van der Waals surface area contributed by atoms with Gasteiger partial charge in [0, 0.05) is 28.7 Å². The third-order valence-electron chi connectivity index (χ3n) is 4.30. The Morgan fingerprint density at radius 3 is 2.96 bits per heavy atom. The Balaban J connectivity index is 1.66. The lowest BCUT2D eigenvalue weighted by Crippen LogP contribution is -2.36. The molecule has 0 spiro atoms. The van der Waals surface area contributed by atoms with Crippen LogP contribution in [0, 0.1) is 6.92 Å². The number of fused-ring (bicyclic) bond motifs is 1. The standard InChI is InChI=1S/C18H15ClN6O2/c1-10-12(19)5-2-6-13(10)21-17(27)14-8-15(26)22-18-23-16(24-25(14)18)11-4-3-7-20-9-11/h2-7,9,14H,8H2,1H3,(H,21,27)(H,22,23,24,26)/t14-/m1/s1. The van der Waals surface area contributed by atoms with Crippen LogP contribution in [0.1, 0.15) is 18.0 Å². The number of carbonyl (C=O) groups is 2. The van der Waals surface area contributed by atoms with Crippen LogP contribution in [0.2, 0.25) is 5.02 Å². The number of nitrogens with zero attached hydrogens (tertiary/aromatic N) is 4. The first-order valence-corrected chi connectivity index (χ1v) is 8.63. The summed E-state index contributed by atoms with van der Waals surface area (Å²) in [6.45, 7) is 1.81. The largest absolute Gasteiger partial charge is 0.324 e. The molecule has 0 bridgehead atoms. The van der Waals surface area contributed by atoms with Crippen molar-refractivity contribution in [2.45, 2.75) is 19.4 Å². The number of benzene rings is 1. The van der Waals surface area contributed by atoms with E-state index in [2.05, 4.69) is 25.7 Å². The lowest BCUT2D eigenvalue weighted by atomic mass is 10.1. The fourth-order valence-electron chi connectivity index (χ4n) is 2.84. The van der Waals surface area contributed by atoms with E-state index in [0.717, 1.165) is 5.56 Å². The number of hydrogen-bond acceptors (Lipinski definition) is 5. The van der Waals surface area contributed by atoms with Gasteiger partial charge >= 0.3 is 0 Å². The molecule has 0 fully saturated rings. The number of amides is 2. The van der Waals surface area contributed by atoms with Crippen LogP contribution in [-0.2, 0) is 9.59 Å². The first-order chi connectivity index (χ1) is 13.0. The predicted octanol–water partition coefficient (Wildman–Crippen LogP) is 2.82. The van der Waals surface area contributed by atoms with Gasteiger partial charge in [-0.25, -0.2) is 4.68 Å². The van der Waals surface area contributed by atoms with Gasteiger partial charge in [0.25, 0.3) is 0 Å². The van der Waals surface area contributed by atoms with E-state index in [1.807, 2.05) is 6.92 Å². The van der Waals surface area contributed by atoms with Crippen LogP contribution < -0.4 is 10.6 Å². The Hall–Kier alpha value is -3.26. The maximum absolute atomic E-state index is 12.8. The first kappa shape index (κ1) is 17.2. The number of halogens is 1. The molecular weight excluding hydrogens is 368 g/mol. The molecule has 3 heterocycles. The molecule has 0 radical (unpaired) electrons. The lowest BCUT2D eigenvalue weighted by molar-refractivity contribution is -0.125. The summed E-state index contributed by atoms with van der Waals surface area (Å²) in [5.74, 6) is -0.0418. The van der Waals surface area contributed by atoms with Gasteiger partial charge in [0.1, 0.15) is 6.04 Å². The van der Waals surface area contributed by atoms with E-state index in [4.69, 9.17) is 11.6 Å². The summed E-state index contributed by atoms with van der Waals surface area (Å²) in [6, 6.07) is 8.01. The molecule has 1 aromatic carbocycles. The minimum Gasteiger partial charge on any atom is -0.324 e. The van der Waals surface area contributed by atoms with Gasteiger partial charge < -0.3 is 5.32 Å². The van der Waals surface area contributed by atoms with Crippen LogP contribution in [-0.4, -0.2) is 31.6 Å². The summed E-state index contributed by atoms with van der Waals surface area (Å²) in [5.41, 5.74) is 2.04. The van der Waals surface area contributed by atoms with E-state index in [9.17, 15) is 9.59 Å². The third kappa shape index (κ3) is 3.26. The Morgan fingerprint density at radius 1 is 1.33 bits per heavy atom. The number of carbonyl (C=O) groups excluding carboxylic acids is 2. The molecule has 1 atom stereocenters.